The van der Waals surface area contributed by atoms with Crippen molar-refractivity contribution in [2.45, 2.75) is 13.3 Å². The maximum Gasteiger partial charge on any atom is 0.223 e. The summed E-state index contributed by atoms with van der Waals surface area (Å²) in [5.74, 6) is 0.594. The lowest BCUT2D eigenvalue weighted by atomic mass is 10.1. The van der Waals surface area contributed by atoms with Crippen LogP contribution in [0.1, 0.15) is 11.1 Å². The zero-order valence-corrected chi connectivity index (χ0v) is 14.7. The third-order valence-corrected chi connectivity index (χ3v) is 5.01. The van der Waals surface area contributed by atoms with Crippen molar-refractivity contribution >= 4 is 27.5 Å². The Labute approximate surface area is 150 Å². The Morgan fingerprint density at radius 1 is 1.08 bits per heavy atom. The quantitative estimate of drug-likeness (QED) is 0.578. The Balaban J connectivity index is 1.40. The lowest BCUT2D eigenvalue weighted by Crippen LogP contribution is -2.07. The summed E-state index contributed by atoms with van der Waals surface area (Å²) in [6, 6.07) is 16.7. The maximum absolute atomic E-state index is 4.61. The van der Waals surface area contributed by atoms with Gasteiger partial charge in [-0.3, -0.25) is 0 Å². The second-order valence-electron chi connectivity index (χ2n) is 5.87. The molecule has 0 aliphatic carbocycles. The number of fused-ring (bicyclic) bond motifs is 1. The van der Waals surface area contributed by atoms with Gasteiger partial charge in [-0.2, -0.15) is 0 Å². The van der Waals surface area contributed by atoms with Crippen molar-refractivity contribution in [2.24, 2.45) is 0 Å². The van der Waals surface area contributed by atoms with Crippen molar-refractivity contribution in [3.8, 4) is 10.6 Å². The number of nitrogens with one attached hydrogen (secondary N) is 1. The summed E-state index contributed by atoms with van der Waals surface area (Å²) in [5, 5.41) is 4.14. The van der Waals surface area contributed by atoms with E-state index in [9.17, 15) is 0 Å². The zero-order valence-electron chi connectivity index (χ0n) is 13.9. The number of aryl methyl sites for hydroxylation is 1. The van der Waals surface area contributed by atoms with Crippen LogP contribution in [-0.4, -0.2) is 21.5 Å². The molecule has 2 aromatic heterocycles. The summed E-state index contributed by atoms with van der Waals surface area (Å²) in [5.41, 5.74) is 4.40. The van der Waals surface area contributed by atoms with Crippen molar-refractivity contribution in [3.05, 3.63) is 72.1 Å². The smallest absolute Gasteiger partial charge is 0.223 e. The van der Waals surface area contributed by atoms with E-state index in [0.717, 1.165) is 33.8 Å². The normalized spacial score (nSPS) is 10.9. The molecular formula is C20H17N4S. The molecule has 0 spiro atoms. The highest BCUT2D eigenvalue weighted by molar-refractivity contribution is 7.21. The molecule has 0 saturated heterocycles. The van der Waals surface area contributed by atoms with Gasteiger partial charge in [0.15, 0.2) is 0 Å². The second kappa shape index (κ2) is 6.99. The molecule has 123 valence electrons. The van der Waals surface area contributed by atoms with E-state index >= 15 is 0 Å². The highest BCUT2D eigenvalue weighted by atomic mass is 32.1. The molecule has 5 heteroatoms. The van der Waals surface area contributed by atoms with E-state index in [-0.39, 0.29) is 0 Å². The van der Waals surface area contributed by atoms with Crippen LogP contribution >= 0.6 is 11.3 Å². The van der Waals surface area contributed by atoms with Gasteiger partial charge in [0.1, 0.15) is 11.2 Å². The average molecular weight is 345 g/mol. The Hall–Kier alpha value is -2.79. The third-order valence-electron chi connectivity index (χ3n) is 3.94. The van der Waals surface area contributed by atoms with Gasteiger partial charge in [-0.25, -0.2) is 15.0 Å². The maximum atomic E-state index is 4.61. The number of aromatic nitrogens is 3. The van der Waals surface area contributed by atoms with E-state index in [4.69, 9.17) is 0 Å². The third kappa shape index (κ3) is 3.67. The molecule has 0 atom stereocenters. The first kappa shape index (κ1) is 15.7. The Morgan fingerprint density at radius 2 is 1.92 bits per heavy atom. The number of para-hydroxylation sites is 1. The molecule has 0 unspecified atom stereocenters. The number of benzene rings is 2. The number of nitrogens with zero attached hydrogens (tertiary/aromatic N) is 3. The molecule has 2 heterocycles. The van der Waals surface area contributed by atoms with Crippen LogP contribution in [-0.2, 0) is 6.42 Å². The van der Waals surface area contributed by atoms with Crippen molar-refractivity contribution in [1.29, 1.82) is 0 Å². The van der Waals surface area contributed by atoms with Crippen LogP contribution in [0.2, 0.25) is 0 Å². The Bertz CT molecular complexity index is 942. The summed E-state index contributed by atoms with van der Waals surface area (Å²) in [7, 11) is 0. The van der Waals surface area contributed by atoms with Gasteiger partial charge in [0.05, 0.1) is 15.8 Å². The van der Waals surface area contributed by atoms with Crippen molar-refractivity contribution in [2.75, 3.05) is 11.9 Å². The Morgan fingerprint density at radius 3 is 2.68 bits per heavy atom. The number of hydrogen-bond acceptors (Lipinski definition) is 5. The second-order valence-corrected chi connectivity index (χ2v) is 6.90. The molecule has 0 bridgehead atoms. The van der Waals surface area contributed by atoms with Crippen LogP contribution in [0.5, 0.6) is 0 Å². The highest BCUT2D eigenvalue weighted by Gasteiger charge is 2.07. The molecule has 0 amide bonds. The van der Waals surface area contributed by atoms with Gasteiger partial charge in [-0.15, -0.1) is 11.3 Å². The first-order chi connectivity index (χ1) is 12.3. The number of anilines is 1. The van der Waals surface area contributed by atoms with Gasteiger partial charge in [0.25, 0.3) is 0 Å². The molecule has 0 aliphatic heterocycles. The molecule has 0 fully saturated rings. The lowest BCUT2D eigenvalue weighted by molar-refractivity contribution is 0.982. The van der Waals surface area contributed by atoms with Gasteiger partial charge in [-0.1, -0.05) is 42.0 Å². The largest absolute Gasteiger partial charge is 0.354 e. The summed E-state index contributed by atoms with van der Waals surface area (Å²) >= 11 is 1.63. The van der Waals surface area contributed by atoms with E-state index in [1.807, 2.05) is 18.2 Å². The SMILES string of the molecule is Cc1ccc(CCNc2n[c]c(-c3nc4ccccc4s3)cn2)cc1. The first-order valence-corrected chi connectivity index (χ1v) is 9.00. The van der Waals surface area contributed by atoms with Gasteiger partial charge in [0, 0.05) is 12.7 Å². The lowest BCUT2D eigenvalue weighted by Gasteiger charge is -2.05. The van der Waals surface area contributed by atoms with Crippen LogP contribution < -0.4 is 5.32 Å². The standard InChI is InChI=1S/C20H17N4S/c1-14-6-8-15(9-7-14)10-11-21-20-22-12-16(13-23-20)19-24-17-4-2-3-5-18(17)25-19/h2-9,12H,10-11H2,1H3,(H,21,22,23). The van der Waals surface area contributed by atoms with Crippen molar-refractivity contribution < 1.29 is 0 Å². The molecular weight excluding hydrogens is 328 g/mol. The summed E-state index contributed by atoms with van der Waals surface area (Å²) in [4.78, 5) is 13.3. The van der Waals surface area contributed by atoms with Crippen LogP contribution in [0.25, 0.3) is 20.8 Å². The minimum atomic E-state index is 0.594. The monoisotopic (exact) mass is 345 g/mol. The molecule has 4 aromatic rings. The minimum absolute atomic E-state index is 0.594. The molecule has 0 saturated carbocycles. The number of hydrogen-bond donors (Lipinski definition) is 1. The molecule has 1 N–H and O–H groups in total. The van der Waals surface area contributed by atoms with Crippen LogP contribution in [0.3, 0.4) is 0 Å². The number of thiazole rings is 1. The van der Waals surface area contributed by atoms with E-state index in [1.54, 1.807) is 17.5 Å². The van der Waals surface area contributed by atoms with E-state index in [1.165, 1.54) is 11.1 Å². The summed E-state index contributed by atoms with van der Waals surface area (Å²) in [6.07, 6.45) is 5.75. The molecule has 2 aromatic carbocycles. The van der Waals surface area contributed by atoms with E-state index in [2.05, 4.69) is 63.7 Å². The molecule has 25 heavy (non-hydrogen) atoms. The summed E-state index contributed by atoms with van der Waals surface area (Å²) < 4.78 is 1.16. The molecule has 0 aliphatic rings. The zero-order chi connectivity index (χ0) is 17.1. The van der Waals surface area contributed by atoms with Crippen LogP contribution in [0.4, 0.5) is 5.95 Å². The molecule has 4 nitrogen and oxygen atoms in total. The fourth-order valence-corrected chi connectivity index (χ4v) is 3.47. The fraction of sp³-hybridized carbons (Fsp3) is 0.150. The fourth-order valence-electron chi connectivity index (χ4n) is 2.55. The van der Waals surface area contributed by atoms with Crippen molar-refractivity contribution in [3.63, 3.8) is 0 Å². The van der Waals surface area contributed by atoms with Gasteiger partial charge in [-0.05, 0) is 31.0 Å². The van der Waals surface area contributed by atoms with Gasteiger partial charge in [0.2, 0.25) is 5.95 Å². The average Bonchev–Trinajstić information content (AvgIpc) is 3.08. The predicted octanol–water partition coefficient (Wildman–Crippen LogP) is 4.52. The van der Waals surface area contributed by atoms with E-state index in [0.29, 0.717) is 5.95 Å². The van der Waals surface area contributed by atoms with Crippen LogP contribution in [0, 0.1) is 13.1 Å². The van der Waals surface area contributed by atoms with Crippen LogP contribution in [0.15, 0.2) is 54.7 Å². The number of rotatable bonds is 5. The van der Waals surface area contributed by atoms with Gasteiger partial charge < -0.3 is 5.32 Å². The molecule has 1 radical (unpaired) electrons. The highest BCUT2D eigenvalue weighted by Crippen LogP contribution is 2.28. The first-order valence-electron chi connectivity index (χ1n) is 8.18. The van der Waals surface area contributed by atoms with E-state index < -0.39 is 0 Å². The summed E-state index contributed by atoms with van der Waals surface area (Å²) in [6.45, 7) is 2.89. The molecule has 4 rings (SSSR count). The topological polar surface area (TPSA) is 50.7 Å². The Kier molecular flexibility index (Phi) is 4.39. The minimum Gasteiger partial charge on any atom is -0.354 e. The predicted molar refractivity (Wildman–Crippen MR) is 103 cm³/mol. The van der Waals surface area contributed by atoms with Gasteiger partial charge >= 0.3 is 0 Å². The van der Waals surface area contributed by atoms with Crippen molar-refractivity contribution in [1.82, 2.24) is 15.0 Å².